The molecule has 1 atom stereocenters. The first kappa shape index (κ1) is 14.8. The molecule has 100 valence electrons. The lowest BCUT2D eigenvalue weighted by Gasteiger charge is -2.13. The number of nitrogens with one attached hydrogen (secondary N) is 1. The normalized spacial score (nSPS) is 11.9. The molecule has 18 heavy (non-hydrogen) atoms. The molecule has 0 radical (unpaired) electrons. The van der Waals surface area contributed by atoms with E-state index >= 15 is 0 Å². The highest BCUT2D eigenvalue weighted by atomic mass is 79.9. The zero-order valence-corrected chi connectivity index (χ0v) is 12.3. The molecule has 0 saturated heterocycles. The van der Waals surface area contributed by atoms with Crippen LogP contribution < -0.4 is 15.8 Å². The second kappa shape index (κ2) is 7.26. The molecule has 1 amide bonds. The number of nitrogens with two attached hydrogens (primary N) is 1. The molecule has 0 saturated carbocycles. The summed E-state index contributed by atoms with van der Waals surface area (Å²) in [5.41, 5.74) is 6.27. The highest BCUT2D eigenvalue weighted by molar-refractivity contribution is 9.10. The van der Waals surface area contributed by atoms with E-state index < -0.39 is 0 Å². The molecule has 5 heteroatoms. The number of amides is 1. The predicted octanol–water partition coefficient (Wildman–Crippen LogP) is 2.71. The minimum Gasteiger partial charge on any atom is -0.484 e. The first-order valence-electron chi connectivity index (χ1n) is 5.99. The largest absolute Gasteiger partial charge is 0.484 e. The Balaban J connectivity index is 2.42. The summed E-state index contributed by atoms with van der Waals surface area (Å²) >= 11 is 3.32. The summed E-state index contributed by atoms with van der Waals surface area (Å²) in [5, 5.41) is 2.87. The summed E-state index contributed by atoms with van der Waals surface area (Å²) in [6.07, 6.45) is 2.01. The summed E-state index contributed by atoms with van der Waals surface area (Å²) in [6.45, 7) is 4.08. The molecule has 1 unspecified atom stereocenters. The zero-order valence-electron chi connectivity index (χ0n) is 10.7. The predicted molar refractivity (Wildman–Crippen MR) is 76.6 cm³/mol. The first-order valence-corrected chi connectivity index (χ1v) is 6.78. The summed E-state index contributed by atoms with van der Waals surface area (Å²) < 4.78 is 6.22. The molecule has 1 aromatic carbocycles. The van der Waals surface area contributed by atoms with Crippen LogP contribution in [0.5, 0.6) is 5.75 Å². The number of carbonyl (C=O) groups is 1. The van der Waals surface area contributed by atoms with Gasteiger partial charge in [-0.3, -0.25) is 4.79 Å². The molecule has 0 heterocycles. The second-order valence-electron chi connectivity index (χ2n) is 4.27. The molecule has 0 aromatic heterocycles. The van der Waals surface area contributed by atoms with Crippen molar-refractivity contribution in [2.24, 2.45) is 0 Å². The molecular formula is C13H19BrN2O2. The van der Waals surface area contributed by atoms with Crippen LogP contribution in [0.2, 0.25) is 0 Å². The van der Waals surface area contributed by atoms with E-state index in [1.807, 2.05) is 6.92 Å². The van der Waals surface area contributed by atoms with Crippen LogP contribution in [0.4, 0.5) is 5.69 Å². The van der Waals surface area contributed by atoms with Gasteiger partial charge in [-0.25, -0.2) is 0 Å². The molecule has 0 aliphatic heterocycles. The van der Waals surface area contributed by atoms with Gasteiger partial charge in [0.2, 0.25) is 0 Å². The Kier molecular flexibility index (Phi) is 5.98. The Hall–Kier alpha value is -1.23. The van der Waals surface area contributed by atoms with Crippen LogP contribution in [-0.4, -0.2) is 18.6 Å². The number of ether oxygens (including phenoxy) is 1. The van der Waals surface area contributed by atoms with E-state index in [4.69, 9.17) is 10.5 Å². The molecule has 0 bridgehead atoms. The van der Waals surface area contributed by atoms with E-state index in [0.29, 0.717) is 11.4 Å². The van der Waals surface area contributed by atoms with Gasteiger partial charge in [-0.1, -0.05) is 29.3 Å². The van der Waals surface area contributed by atoms with Gasteiger partial charge in [0.05, 0.1) is 0 Å². The van der Waals surface area contributed by atoms with E-state index in [1.54, 1.807) is 18.2 Å². The van der Waals surface area contributed by atoms with E-state index in [0.717, 1.165) is 17.3 Å². The third kappa shape index (κ3) is 5.40. The topological polar surface area (TPSA) is 64.3 Å². The van der Waals surface area contributed by atoms with Crippen molar-refractivity contribution in [3.05, 3.63) is 22.7 Å². The van der Waals surface area contributed by atoms with Crippen molar-refractivity contribution in [3.63, 3.8) is 0 Å². The Morgan fingerprint density at radius 1 is 1.50 bits per heavy atom. The number of anilines is 1. The third-order valence-corrected chi connectivity index (χ3v) is 2.85. The van der Waals surface area contributed by atoms with Gasteiger partial charge in [0.15, 0.2) is 6.61 Å². The van der Waals surface area contributed by atoms with Crippen molar-refractivity contribution in [2.75, 3.05) is 12.3 Å². The summed E-state index contributed by atoms with van der Waals surface area (Å²) in [4.78, 5) is 11.6. The quantitative estimate of drug-likeness (QED) is 0.793. The molecule has 3 N–H and O–H groups in total. The SMILES string of the molecule is CCCC(C)NC(=O)COc1cc(N)cc(Br)c1. The van der Waals surface area contributed by atoms with Crippen LogP contribution in [0.25, 0.3) is 0 Å². The number of nitrogen functional groups attached to an aromatic ring is 1. The van der Waals surface area contributed by atoms with Crippen LogP contribution in [0, 0.1) is 0 Å². The van der Waals surface area contributed by atoms with Crippen LogP contribution >= 0.6 is 15.9 Å². The van der Waals surface area contributed by atoms with Crippen molar-refractivity contribution < 1.29 is 9.53 Å². The van der Waals surface area contributed by atoms with Crippen LogP contribution in [-0.2, 0) is 4.79 Å². The fourth-order valence-corrected chi connectivity index (χ4v) is 2.13. The molecule has 1 rings (SSSR count). The molecule has 4 nitrogen and oxygen atoms in total. The first-order chi connectivity index (χ1) is 8.51. The Bertz CT molecular complexity index is 390. The second-order valence-corrected chi connectivity index (χ2v) is 5.18. The fraction of sp³-hybridized carbons (Fsp3) is 0.462. The highest BCUT2D eigenvalue weighted by Crippen LogP contribution is 2.22. The molecule has 0 fully saturated rings. The van der Waals surface area contributed by atoms with Gasteiger partial charge < -0.3 is 15.8 Å². The van der Waals surface area contributed by atoms with Gasteiger partial charge in [-0.15, -0.1) is 0 Å². The Labute approximate surface area is 116 Å². The maximum Gasteiger partial charge on any atom is 0.258 e. The molecule has 0 aliphatic rings. The standard InChI is InChI=1S/C13H19BrN2O2/c1-3-4-9(2)16-13(17)8-18-12-6-10(14)5-11(15)7-12/h5-7,9H,3-4,8,15H2,1-2H3,(H,16,17). The Morgan fingerprint density at radius 3 is 2.83 bits per heavy atom. The summed E-state index contributed by atoms with van der Waals surface area (Å²) in [5.74, 6) is 0.467. The number of hydrogen-bond acceptors (Lipinski definition) is 3. The smallest absolute Gasteiger partial charge is 0.258 e. The van der Waals surface area contributed by atoms with Gasteiger partial charge in [-0.05, 0) is 25.5 Å². The zero-order chi connectivity index (χ0) is 13.5. The lowest BCUT2D eigenvalue weighted by atomic mass is 10.2. The van der Waals surface area contributed by atoms with Crippen LogP contribution in [0.1, 0.15) is 26.7 Å². The van der Waals surface area contributed by atoms with Gasteiger partial charge >= 0.3 is 0 Å². The number of carbonyl (C=O) groups excluding carboxylic acids is 1. The van der Waals surface area contributed by atoms with Crippen LogP contribution in [0.15, 0.2) is 22.7 Å². The van der Waals surface area contributed by atoms with Crippen molar-refractivity contribution in [3.8, 4) is 5.75 Å². The van der Waals surface area contributed by atoms with Crippen molar-refractivity contribution in [1.29, 1.82) is 0 Å². The minimum atomic E-state index is -0.116. The van der Waals surface area contributed by atoms with E-state index in [1.165, 1.54) is 0 Å². The highest BCUT2D eigenvalue weighted by Gasteiger charge is 2.07. The maximum atomic E-state index is 11.6. The third-order valence-electron chi connectivity index (χ3n) is 2.39. The lowest BCUT2D eigenvalue weighted by Crippen LogP contribution is -2.35. The summed E-state index contributed by atoms with van der Waals surface area (Å²) in [6, 6.07) is 5.42. The monoisotopic (exact) mass is 314 g/mol. The van der Waals surface area contributed by atoms with Crippen molar-refractivity contribution in [2.45, 2.75) is 32.7 Å². The fourth-order valence-electron chi connectivity index (χ4n) is 1.64. The van der Waals surface area contributed by atoms with E-state index in [-0.39, 0.29) is 18.6 Å². The van der Waals surface area contributed by atoms with Gasteiger partial charge in [0, 0.05) is 22.3 Å². The van der Waals surface area contributed by atoms with E-state index in [2.05, 4.69) is 28.2 Å². The number of rotatable bonds is 6. The number of halogens is 1. The molecular weight excluding hydrogens is 296 g/mol. The van der Waals surface area contributed by atoms with Gasteiger partial charge in [0.1, 0.15) is 5.75 Å². The average molecular weight is 315 g/mol. The number of hydrogen-bond donors (Lipinski definition) is 2. The maximum absolute atomic E-state index is 11.6. The molecule has 0 spiro atoms. The molecule has 1 aromatic rings. The van der Waals surface area contributed by atoms with Gasteiger partial charge in [-0.2, -0.15) is 0 Å². The minimum absolute atomic E-state index is 0.00392. The summed E-state index contributed by atoms with van der Waals surface area (Å²) in [7, 11) is 0. The Morgan fingerprint density at radius 2 is 2.22 bits per heavy atom. The molecule has 0 aliphatic carbocycles. The van der Waals surface area contributed by atoms with Crippen molar-refractivity contribution in [1.82, 2.24) is 5.32 Å². The average Bonchev–Trinajstić information content (AvgIpc) is 2.25. The van der Waals surface area contributed by atoms with E-state index in [9.17, 15) is 4.79 Å². The van der Waals surface area contributed by atoms with Crippen LogP contribution in [0.3, 0.4) is 0 Å². The van der Waals surface area contributed by atoms with Gasteiger partial charge in [0.25, 0.3) is 5.91 Å². The van der Waals surface area contributed by atoms with Crippen molar-refractivity contribution >= 4 is 27.5 Å². The number of benzene rings is 1. The lowest BCUT2D eigenvalue weighted by molar-refractivity contribution is -0.123.